The average molecular weight is 357 g/mol. The van der Waals surface area contributed by atoms with Crippen LogP contribution in [0, 0.1) is 25.7 Å². The third-order valence-corrected chi connectivity index (χ3v) is 4.65. The van der Waals surface area contributed by atoms with Crippen molar-refractivity contribution >= 4 is 22.5 Å². The topological polar surface area (TPSA) is 17.8 Å². The molecule has 26 heavy (non-hydrogen) atoms. The maximum Gasteiger partial charge on any atom is 0.138 e. The summed E-state index contributed by atoms with van der Waals surface area (Å²) < 4.78 is 2.14. The Labute approximate surface area is 158 Å². The van der Waals surface area contributed by atoms with Gasteiger partial charge in [0.05, 0.1) is 5.52 Å². The number of para-hydroxylation sites is 1. The molecule has 0 radical (unpaired) electrons. The zero-order valence-electron chi connectivity index (χ0n) is 14.6. The van der Waals surface area contributed by atoms with Crippen molar-refractivity contribution in [2.75, 3.05) is 0 Å². The van der Waals surface area contributed by atoms with Gasteiger partial charge < -0.3 is 0 Å². The lowest BCUT2D eigenvalue weighted by Crippen LogP contribution is -2.01. The third kappa shape index (κ3) is 2.98. The lowest BCUT2D eigenvalue weighted by molar-refractivity contribution is 0.999. The zero-order chi connectivity index (χ0) is 18.1. The number of halogens is 1. The largest absolute Gasteiger partial charge is 0.286 e. The number of aryl methyl sites for hydroxylation is 2. The van der Waals surface area contributed by atoms with Gasteiger partial charge in [-0.25, -0.2) is 4.98 Å². The molecule has 0 N–H and O–H groups in total. The molecule has 0 fully saturated rings. The lowest BCUT2D eigenvalue weighted by atomic mass is 10.1. The molecule has 0 saturated heterocycles. The van der Waals surface area contributed by atoms with E-state index in [1.165, 1.54) is 5.39 Å². The minimum atomic E-state index is 0.713. The van der Waals surface area contributed by atoms with E-state index in [9.17, 15) is 0 Å². The predicted molar refractivity (Wildman–Crippen MR) is 108 cm³/mol. The first-order chi connectivity index (χ1) is 12.6. The van der Waals surface area contributed by atoms with E-state index in [0.29, 0.717) is 5.02 Å². The number of hydrogen-bond acceptors (Lipinski definition) is 1. The molecule has 0 bridgehead atoms. The van der Waals surface area contributed by atoms with Crippen LogP contribution in [-0.2, 0) is 0 Å². The van der Waals surface area contributed by atoms with Gasteiger partial charge in [-0.3, -0.25) is 4.57 Å². The summed E-state index contributed by atoms with van der Waals surface area (Å²) in [6.07, 6.45) is 0. The Morgan fingerprint density at radius 3 is 2.38 bits per heavy atom. The number of aromatic nitrogens is 2. The number of hydrogen-bond donors (Lipinski definition) is 0. The van der Waals surface area contributed by atoms with Gasteiger partial charge in [0, 0.05) is 21.7 Å². The van der Waals surface area contributed by atoms with Crippen LogP contribution in [-0.4, -0.2) is 9.55 Å². The molecular formula is C23H17ClN2. The van der Waals surface area contributed by atoms with Gasteiger partial charge in [0.15, 0.2) is 0 Å². The summed E-state index contributed by atoms with van der Waals surface area (Å²) in [5.41, 5.74) is 5.14. The van der Waals surface area contributed by atoms with E-state index >= 15 is 0 Å². The highest BCUT2D eigenvalue weighted by atomic mass is 35.5. The summed E-state index contributed by atoms with van der Waals surface area (Å²) in [5, 5.41) is 1.90. The van der Waals surface area contributed by atoms with Gasteiger partial charge in [-0.05, 0) is 67.8 Å². The zero-order valence-corrected chi connectivity index (χ0v) is 15.4. The normalized spacial score (nSPS) is 10.6. The number of pyridine rings is 1. The molecule has 0 atom stereocenters. The molecular weight excluding hydrogens is 340 g/mol. The first kappa shape index (κ1) is 16.4. The second kappa shape index (κ2) is 6.71. The molecule has 2 heterocycles. The second-order valence-electron chi connectivity index (χ2n) is 6.22. The molecule has 2 nitrogen and oxygen atoms in total. The van der Waals surface area contributed by atoms with Crippen molar-refractivity contribution in [1.29, 1.82) is 0 Å². The van der Waals surface area contributed by atoms with E-state index < -0.39 is 0 Å². The van der Waals surface area contributed by atoms with Gasteiger partial charge in [0.1, 0.15) is 11.5 Å². The molecule has 0 amide bonds. The Morgan fingerprint density at radius 2 is 1.62 bits per heavy atom. The first-order valence-corrected chi connectivity index (χ1v) is 8.83. The fourth-order valence-corrected chi connectivity index (χ4v) is 3.23. The van der Waals surface area contributed by atoms with Crippen LogP contribution in [0.15, 0.2) is 66.7 Å². The van der Waals surface area contributed by atoms with E-state index in [2.05, 4.69) is 41.5 Å². The molecule has 0 saturated carbocycles. The smallest absolute Gasteiger partial charge is 0.138 e. The van der Waals surface area contributed by atoms with Crippen LogP contribution in [0.5, 0.6) is 0 Å². The summed E-state index contributed by atoms with van der Waals surface area (Å²) in [6.45, 7) is 4.11. The average Bonchev–Trinajstić information content (AvgIpc) is 2.94. The van der Waals surface area contributed by atoms with Crippen LogP contribution in [0.1, 0.15) is 22.5 Å². The Balaban J connectivity index is 1.96. The van der Waals surface area contributed by atoms with Gasteiger partial charge in [-0.1, -0.05) is 41.8 Å². The quantitative estimate of drug-likeness (QED) is 0.400. The molecule has 0 aliphatic carbocycles. The highest BCUT2D eigenvalue weighted by molar-refractivity contribution is 6.30. The number of rotatable bonds is 1. The van der Waals surface area contributed by atoms with Crippen LogP contribution in [0.2, 0.25) is 5.02 Å². The summed E-state index contributed by atoms with van der Waals surface area (Å²) in [7, 11) is 0. The molecule has 0 spiro atoms. The van der Waals surface area contributed by atoms with Gasteiger partial charge >= 0.3 is 0 Å². The Morgan fingerprint density at radius 1 is 0.846 bits per heavy atom. The standard InChI is InChI=1S/C23H17ClN2/c1-16-6-5-9-23(25-16)26-21(15-12-18-10-13-19(24)14-11-18)17(2)20-7-3-4-8-22(20)26/h3-11,13-14H,1-2H3. The molecule has 0 unspecified atom stereocenters. The predicted octanol–water partition coefficient (Wildman–Crippen LogP) is 5.70. The van der Waals surface area contributed by atoms with Crippen LogP contribution in [0.25, 0.3) is 16.7 Å². The third-order valence-electron chi connectivity index (χ3n) is 4.40. The Bertz CT molecular complexity index is 1160. The van der Waals surface area contributed by atoms with Gasteiger partial charge in [0.25, 0.3) is 0 Å². The minimum Gasteiger partial charge on any atom is -0.286 e. The fraction of sp³-hybridized carbons (Fsp3) is 0.0870. The van der Waals surface area contributed by atoms with Crippen molar-refractivity contribution < 1.29 is 0 Å². The van der Waals surface area contributed by atoms with Gasteiger partial charge in [0.2, 0.25) is 0 Å². The van der Waals surface area contributed by atoms with Gasteiger partial charge in [-0.2, -0.15) is 0 Å². The molecule has 126 valence electrons. The SMILES string of the molecule is Cc1cccc(-n2c(C#Cc3ccc(Cl)cc3)c(C)c3ccccc32)n1. The van der Waals surface area contributed by atoms with Gasteiger partial charge in [-0.15, -0.1) is 0 Å². The van der Waals surface area contributed by atoms with Crippen molar-refractivity contribution in [3.63, 3.8) is 0 Å². The molecule has 2 aromatic carbocycles. The summed E-state index contributed by atoms with van der Waals surface area (Å²) in [4.78, 5) is 4.71. The molecule has 4 rings (SSSR count). The maximum atomic E-state index is 5.97. The van der Waals surface area contributed by atoms with Crippen molar-refractivity contribution in [3.05, 3.63) is 94.3 Å². The highest BCUT2D eigenvalue weighted by Gasteiger charge is 2.14. The molecule has 2 aromatic heterocycles. The molecule has 0 aliphatic heterocycles. The van der Waals surface area contributed by atoms with E-state index in [1.807, 2.05) is 55.5 Å². The van der Waals surface area contributed by atoms with Crippen molar-refractivity contribution in [2.45, 2.75) is 13.8 Å². The van der Waals surface area contributed by atoms with Crippen molar-refractivity contribution in [1.82, 2.24) is 9.55 Å². The van der Waals surface area contributed by atoms with Crippen LogP contribution >= 0.6 is 11.6 Å². The van der Waals surface area contributed by atoms with E-state index in [-0.39, 0.29) is 0 Å². The molecule has 3 heteroatoms. The van der Waals surface area contributed by atoms with Crippen LogP contribution in [0.3, 0.4) is 0 Å². The van der Waals surface area contributed by atoms with E-state index in [0.717, 1.165) is 33.8 Å². The monoisotopic (exact) mass is 356 g/mol. The Kier molecular flexibility index (Phi) is 4.24. The lowest BCUT2D eigenvalue weighted by Gasteiger charge is -2.07. The van der Waals surface area contributed by atoms with Crippen molar-refractivity contribution in [2.24, 2.45) is 0 Å². The molecule has 4 aromatic rings. The summed E-state index contributed by atoms with van der Waals surface area (Å²) in [5.74, 6) is 7.50. The maximum absolute atomic E-state index is 5.97. The van der Waals surface area contributed by atoms with E-state index in [4.69, 9.17) is 16.6 Å². The highest BCUT2D eigenvalue weighted by Crippen LogP contribution is 2.28. The van der Waals surface area contributed by atoms with Crippen LogP contribution in [0.4, 0.5) is 0 Å². The van der Waals surface area contributed by atoms with Crippen molar-refractivity contribution in [3.8, 4) is 17.7 Å². The fourth-order valence-electron chi connectivity index (χ4n) is 3.11. The van der Waals surface area contributed by atoms with E-state index in [1.54, 1.807) is 0 Å². The van der Waals surface area contributed by atoms with Crippen LogP contribution < -0.4 is 0 Å². The Hall–Kier alpha value is -3.02. The second-order valence-corrected chi connectivity index (χ2v) is 6.66. The number of fused-ring (bicyclic) bond motifs is 1. The minimum absolute atomic E-state index is 0.713. The summed E-state index contributed by atoms with van der Waals surface area (Å²) in [6, 6.07) is 22.0. The molecule has 0 aliphatic rings. The number of nitrogens with zero attached hydrogens (tertiary/aromatic N) is 2. The number of benzene rings is 2. The first-order valence-electron chi connectivity index (χ1n) is 8.45. The summed E-state index contributed by atoms with van der Waals surface area (Å²) >= 11 is 5.97.